The molecule has 1 aromatic heterocycles. The molecule has 3 heterocycles. The van der Waals surface area contributed by atoms with Gasteiger partial charge in [-0.25, -0.2) is 0 Å². The van der Waals surface area contributed by atoms with Crippen molar-refractivity contribution in [2.75, 3.05) is 46.4 Å². The lowest BCUT2D eigenvalue weighted by molar-refractivity contribution is 0.0167. The van der Waals surface area contributed by atoms with Gasteiger partial charge in [-0.2, -0.15) is 0 Å². The van der Waals surface area contributed by atoms with Crippen molar-refractivity contribution in [2.45, 2.75) is 32.2 Å². The molecule has 2 saturated heterocycles. The van der Waals surface area contributed by atoms with Crippen LogP contribution in [0.25, 0.3) is 0 Å². The Morgan fingerprint density at radius 3 is 2.62 bits per heavy atom. The summed E-state index contributed by atoms with van der Waals surface area (Å²) in [6, 6.07) is 4.28. The van der Waals surface area contributed by atoms with E-state index >= 15 is 0 Å². The highest BCUT2D eigenvalue weighted by Gasteiger charge is 2.46. The standard InChI is InChI=1S/C20H31N3O/c1-22-13-19(15-24-14-18-2-3-18)20(16-22)6-10-23(11-7-20)12-17-4-8-21-9-5-17/h4-5,8-9,18-19H,2-3,6-7,10-16H2,1H3. The number of piperidine rings is 1. The molecule has 1 spiro atoms. The highest BCUT2D eigenvalue weighted by molar-refractivity contribution is 5.10. The molecule has 1 aliphatic carbocycles. The molecule has 4 rings (SSSR count). The van der Waals surface area contributed by atoms with Crippen molar-refractivity contribution in [1.82, 2.24) is 14.8 Å². The molecule has 3 fully saturated rings. The first-order valence-electron chi connectivity index (χ1n) is 9.61. The fraction of sp³-hybridized carbons (Fsp3) is 0.750. The molecule has 0 radical (unpaired) electrons. The predicted molar refractivity (Wildman–Crippen MR) is 95.7 cm³/mol. The predicted octanol–water partition coefficient (Wildman–Crippen LogP) is 2.65. The number of hydrogen-bond acceptors (Lipinski definition) is 4. The molecule has 24 heavy (non-hydrogen) atoms. The summed E-state index contributed by atoms with van der Waals surface area (Å²) in [4.78, 5) is 9.27. The van der Waals surface area contributed by atoms with Gasteiger partial charge < -0.3 is 9.64 Å². The number of rotatable bonds is 6. The Morgan fingerprint density at radius 1 is 1.17 bits per heavy atom. The molecule has 2 aliphatic heterocycles. The van der Waals surface area contributed by atoms with Crippen molar-refractivity contribution in [2.24, 2.45) is 17.3 Å². The van der Waals surface area contributed by atoms with Crippen molar-refractivity contribution in [1.29, 1.82) is 0 Å². The van der Waals surface area contributed by atoms with Gasteiger partial charge in [-0.1, -0.05) is 0 Å². The molecule has 1 saturated carbocycles. The number of ether oxygens (including phenoxy) is 1. The van der Waals surface area contributed by atoms with Crippen molar-refractivity contribution >= 4 is 0 Å². The molecule has 4 nitrogen and oxygen atoms in total. The van der Waals surface area contributed by atoms with Gasteiger partial charge in [0, 0.05) is 44.6 Å². The van der Waals surface area contributed by atoms with Crippen LogP contribution in [0, 0.1) is 17.3 Å². The molecule has 1 unspecified atom stereocenters. The van der Waals surface area contributed by atoms with Crippen LogP contribution in [-0.4, -0.2) is 61.2 Å². The fourth-order valence-electron chi connectivity index (χ4n) is 4.66. The number of nitrogens with zero attached hydrogens (tertiary/aromatic N) is 3. The van der Waals surface area contributed by atoms with E-state index in [1.165, 1.54) is 57.4 Å². The Labute approximate surface area is 146 Å². The zero-order valence-corrected chi connectivity index (χ0v) is 15.0. The number of aromatic nitrogens is 1. The van der Waals surface area contributed by atoms with Crippen LogP contribution in [-0.2, 0) is 11.3 Å². The molecule has 3 aliphatic rings. The normalized spacial score (nSPS) is 27.8. The fourth-order valence-corrected chi connectivity index (χ4v) is 4.66. The first-order valence-corrected chi connectivity index (χ1v) is 9.61. The Kier molecular flexibility index (Phi) is 4.88. The zero-order chi connectivity index (χ0) is 16.4. The maximum atomic E-state index is 6.09. The molecular weight excluding hydrogens is 298 g/mol. The van der Waals surface area contributed by atoms with Crippen LogP contribution in [0.1, 0.15) is 31.2 Å². The molecule has 4 heteroatoms. The number of likely N-dealkylation sites (tertiary alicyclic amines) is 2. The lowest BCUT2D eigenvalue weighted by atomic mass is 9.71. The third kappa shape index (κ3) is 3.81. The van der Waals surface area contributed by atoms with Crippen LogP contribution >= 0.6 is 0 Å². The Bertz CT molecular complexity index is 523. The molecule has 0 bridgehead atoms. The number of hydrogen-bond donors (Lipinski definition) is 0. The molecule has 1 aromatic rings. The van der Waals surface area contributed by atoms with Crippen molar-refractivity contribution in [3.63, 3.8) is 0 Å². The highest BCUT2D eigenvalue weighted by atomic mass is 16.5. The van der Waals surface area contributed by atoms with Gasteiger partial charge in [-0.05, 0) is 74.8 Å². The summed E-state index contributed by atoms with van der Waals surface area (Å²) in [5.41, 5.74) is 1.88. The van der Waals surface area contributed by atoms with Gasteiger partial charge in [0.2, 0.25) is 0 Å². The van der Waals surface area contributed by atoms with Gasteiger partial charge in [0.05, 0.1) is 6.61 Å². The first-order chi connectivity index (χ1) is 11.7. The SMILES string of the molecule is CN1CC(COCC2CC2)C2(CCN(Cc3ccncc3)CC2)C1. The molecule has 0 aromatic carbocycles. The second-order valence-electron chi connectivity index (χ2n) is 8.37. The average molecular weight is 329 g/mol. The van der Waals surface area contributed by atoms with E-state index in [9.17, 15) is 0 Å². The van der Waals surface area contributed by atoms with Crippen LogP contribution in [0.5, 0.6) is 0 Å². The van der Waals surface area contributed by atoms with Gasteiger partial charge in [0.25, 0.3) is 0 Å². The van der Waals surface area contributed by atoms with Gasteiger partial charge in [-0.15, -0.1) is 0 Å². The minimum atomic E-state index is 0.493. The van der Waals surface area contributed by atoms with Crippen molar-refractivity contribution < 1.29 is 4.74 Å². The highest BCUT2D eigenvalue weighted by Crippen LogP contribution is 2.44. The lowest BCUT2D eigenvalue weighted by Gasteiger charge is -2.42. The van der Waals surface area contributed by atoms with E-state index in [1.54, 1.807) is 0 Å². The summed E-state index contributed by atoms with van der Waals surface area (Å²) in [6.45, 7) is 7.96. The number of pyridine rings is 1. The summed E-state index contributed by atoms with van der Waals surface area (Å²) >= 11 is 0. The van der Waals surface area contributed by atoms with E-state index in [0.717, 1.165) is 31.6 Å². The smallest absolute Gasteiger partial charge is 0.0512 e. The van der Waals surface area contributed by atoms with E-state index in [2.05, 4.69) is 34.0 Å². The summed E-state index contributed by atoms with van der Waals surface area (Å²) in [7, 11) is 2.28. The Morgan fingerprint density at radius 2 is 1.92 bits per heavy atom. The van der Waals surface area contributed by atoms with E-state index in [0.29, 0.717) is 5.41 Å². The minimum Gasteiger partial charge on any atom is -0.381 e. The quantitative estimate of drug-likeness (QED) is 0.802. The third-order valence-corrected chi connectivity index (χ3v) is 6.36. The maximum Gasteiger partial charge on any atom is 0.0512 e. The van der Waals surface area contributed by atoms with Crippen LogP contribution < -0.4 is 0 Å². The molecule has 132 valence electrons. The van der Waals surface area contributed by atoms with E-state index in [1.807, 2.05) is 12.4 Å². The topological polar surface area (TPSA) is 28.6 Å². The van der Waals surface area contributed by atoms with E-state index in [4.69, 9.17) is 4.74 Å². The summed E-state index contributed by atoms with van der Waals surface area (Å²) in [5.74, 6) is 1.60. The molecule has 0 amide bonds. The van der Waals surface area contributed by atoms with E-state index in [-0.39, 0.29) is 0 Å². The lowest BCUT2D eigenvalue weighted by Crippen LogP contribution is -2.44. The second kappa shape index (κ2) is 7.11. The van der Waals surface area contributed by atoms with Crippen LogP contribution in [0.2, 0.25) is 0 Å². The van der Waals surface area contributed by atoms with Gasteiger partial charge in [-0.3, -0.25) is 9.88 Å². The van der Waals surface area contributed by atoms with Crippen molar-refractivity contribution in [3.8, 4) is 0 Å². The van der Waals surface area contributed by atoms with Gasteiger partial charge in [0.1, 0.15) is 0 Å². The summed E-state index contributed by atoms with van der Waals surface area (Å²) in [6.07, 6.45) is 9.22. The summed E-state index contributed by atoms with van der Waals surface area (Å²) in [5, 5.41) is 0. The maximum absolute atomic E-state index is 6.09. The third-order valence-electron chi connectivity index (χ3n) is 6.36. The molecular formula is C20H31N3O. The van der Waals surface area contributed by atoms with Gasteiger partial charge in [0.15, 0.2) is 0 Å². The minimum absolute atomic E-state index is 0.493. The monoisotopic (exact) mass is 329 g/mol. The van der Waals surface area contributed by atoms with Crippen LogP contribution in [0.4, 0.5) is 0 Å². The summed E-state index contributed by atoms with van der Waals surface area (Å²) < 4.78 is 6.09. The average Bonchev–Trinajstić information content (AvgIpc) is 3.36. The first kappa shape index (κ1) is 16.5. The molecule has 0 N–H and O–H groups in total. The van der Waals surface area contributed by atoms with Gasteiger partial charge >= 0.3 is 0 Å². The van der Waals surface area contributed by atoms with Crippen LogP contribution in [0.3, 0.4) is 0 Å². The Balaban J connectivity index is 1.31. The zero-order valence-electron chi connectivity index (χ0n) is 15.0. The molecule has 1 atom stereocenters. The van der Waals surface area contributed by atoms with Crippen LogP contribution in [0.15, 0.2) is 24.5 Å². The largest absolute Gasteiger partial charge is 0.381 e. The van der Waals surface area contributed by atoms with Crippen molar-refractivity contribution in [3.05, 3.63) is 30.1 Å². The second-order valence-corrected chi connectivity index (χ2v) is 8.37. The van der Waals surface area contributed by atoms with E-state index < -0.39 is 0 Å². The Hall–Kier alpha value is -0.970.